The van der Waals surface area contributed by atoms with Gasteiger partial charge in [0.25, 0.3) is 0 Å². The number of rotatable bonds is 3. The summed E-state index contributed by atoms with van der Waals surface area (Å²) in [6.45, 7) is 7.35. The normalized spacial score (nSPS) is 8.36. The molecule has 0 spiro atoms. The number of nitrogens with one attached hydrogen (secondary N) is 1. The van der Waals surface area contributed by atoms with Crippen molar-refractivity contribution in [3.05, 3.63) is 42.8 Å². The van der Waals surface area contributed by atoms with E-state index in [0.29, 0.717) is 0 Å². The second-order valence-electron chi connectivity index (χ2n) is 2.11. The Balaban J connectivity index is 0.000001000. The molecule has 1 rings (SSSR count). The molecule has 0 atom stereocenters. The predicted octanol–water partition coefficient (Wildman–Crippen LogP) is 2.81. The van der Waals surface area contributed by atoms with E-state index < -0.39 is 0 Å². The van der Waals surface area contributed by atoms with E-state index in [1.54, 1.807) is 0 Å². The molecule has 0 saturated heterocycles. The van der Waals surface area contributed by atoms with Crippen LogP contribution in [0.15, 0.2) is 31.5 Å². The Morgan fingerprint density at radius 3 is 2.73 bits per heavy atom. The highest BCUT2D eigenvalue weighted by atomic mass is 35.5. The minimum atomic E-state index is 0. The number of hydrogen-bond donors (Lipinski definition) is 1. The third-order valence-corrected chi connectivity index (χ3v) is 1.44. The van der Waals surface area contributed by atoms with E-state index in [1.807, 2.05) is 24.4 Å². The van der Waals surface area contributed by atoms with E-state index in [1.165, 1.54) is 11.3 Å². The Kier molecular flexibility index (Phi) is 4.39. The van der Waals surface area contributed by atoms with Gasteiger partial charge in [0, 0.05) is 18.3 Å². The highest BCUT2D eigenvalue weighted by Crippen LogP contribution is 2.08. The third kappa shape index (κ3) is 2.28. The van der Waals surface area contributed by atoms with Crippen LogP contribution in [0.5, 0.6) is 0 Å². The minimum Gasteiger partial charge on any atom is -0.364 e. The van der Waals surface area contributed by atoms with Crippen molar-refractivity contribution in [1.82, 2.24) is 4.98 Å². The summed E-state index contributed by atoms with van der Waals surface area (Å²) in [4.78, 5) is 3.12. The van der Waals surface area contributed by atoms with Gasteiger partial charge >= 0.3 is 0 Å². The summed E-state index contributed by atoms with van der Waals surface area (Å²) in [6.07, 6.45) is 6.51. The molecule has 2 heteroatoms. The molecule has 11 heavy (non-hydrogen) atoms. The smallest absolute Gasteiger partial charge is 0.0258 e. The van der Waals surface area contributed by atoms with Crippen molar-refractivity contribution in [2.45, 2.75) is 6.42 Å². The van der Waals surface area contributed by atoms with E-state index in [0.717, 1.165) is 6.42 Å². The topological polar surface area (TPSA) is 15.8 Å². The van der Waals surface area contributed by atoms with Gasteiger partial charge < -0.3 is 4.98 Å². The van der Waals surface area contributed by atoms with Gasteiger partial charge in [-0.25, -0.2) is 0 Å². The van der Waals surface area contributed by atoms with Crippen molar-refractivity contribution in [3.63, 3.8) is 0 Å². The van der Waals surface area contributed by atoms with Gasteiger partial charge in [-0.1, -0.05) is 18.7 Å². The van der Waals surface area contributed by atoms with E-state index >= 15 is 0 Å². The molecule has 0 aromatic carbocycles. The van der Waals surface area contributed by atoms with Crippen LogP contribution >= 0.6 is 12.4 Å². The molecule has 1 aromatic heterocycles. The van der Waals surface area contributed by atoms with Crippen LogP contribution in [0.4, 0.5) is 0 Å². The Morgan fingerprint density at radius 2 is 2.18 bits per heavy atom. The highest BCUT2D eigenvalue weighted by Gasteiger charge is 1.95. The third-order valence-electron chi connectivity index (χ3n) is 1.44. The molecule has 0 fully saturated rings. The van der Waals surface area contributed by atoms with Crippen LogP contribution in [0, 0.1) is 0 Å². The molecule has 0 saturated carbocycles. The van der Waals surface area contributed by atoms with E-state index in [9.17, 15) is 0 Å². The first-order chi connectivity index (χ1) is 4.88. The van der Waals surface area contributed by atoms with Gasteiger partial charge in [0.1, 0.15) is 0 Å². The molecule has 0 bridgehead atoms. The number of allylic oxidation sites excluding steroid dienone is 1. The fraction of sp³-hybridized carbons (Fsp3) is 0.111. The first kappa shape index (κ1) is 10.0. The summed E-state index contributed by atoms with van der Waals surface area (Å²) in [6, 6.07) is 2.01. The molecule has 0 amide bonds. The maximum absolute atomic E-state index is 3.69. The summed E-state index contributed by atoms with van der Waals surface area (Å²) in [7, 11) is 0. The van der Waals surface area contributed by atoms with Crippen molar-refractivity contribution < 1.29 is 0 Å². The van der Waals surface area contributed by atoms with Gasteiger partial charge in [-0.2, -0.15) is 0 Å². The molecule has 1 nitrogen and oxygen atoms in total. The zero-order chi connectivity index (χ0) is 7.40. The van der Waals surface area contributed by atoms with Gasteiger partial charge in [-0.15, -0.1) is 19.0 Å². The predicted molar refractivity (Wildman–Crippen MR) is 52.0 cm³/mol. The maximum atomic E-state index is 3.69. The van der Waals surface area contributed by atoms with Crippen LogP contribution < -0.4 is 0 Å². The first-order valence-electron chi connectivity index (χ1n) is 3.28. The summed E-state index contributed by atoms with van der Waals surface area (Å²) in [5, 5.41) is 0. The van der Waals surface area contributed by atoms with Gasteiger partial charge in [0.05, 0.1) is 0 Å². The maximum Gasteiger partial charge on any atom is 0.0258 e. The molecule has 1 N–H and O–H groups in total. The zero-order valence-corrected chi connectivity index (χ0v) is 7.16. The van der Waals surface area contributed by atoms with Gasteiger partial charge in [0.2, 0.25) is 0 Å². The largest absolute Gasteiger partial charge is 0.364 e. The van der Waals surface area contributed by atoms with Crippen LogP contribution in [0.2, 0.25) is 0 Å². The lowest BCUT2D eigenvalue weighted by Crippen LogP contribution is -1.81. The molecule has 0 radical (unpaired) electrons. The van der Waals surface area contributed by atoms with E-state index in [2.05, 4.69) is 18.1 Å². The molecule has 1 aromatic rings. The second kappa shape index (κ2) is 4.80. The summed E-state index contributed by atoms with van der Waals surface area (Å²) in [5.74, 6) is 0. The Hall–Kier alpha value is -0.950. The molecule has 0 aliphatic carbocycles. The fourth-order valence-corrected chi connectivity index (χ4v) is 0.928. The molecule has 0 aliphatic rings. The highest BCUT2D eigenvalue weighted by molar-refractivity contribution is 5.85. The number of aromatic amines is 1. The summed E-state index contributed by atoms with van der Waals surface area (Å²) < 4.78 is 0. The first-order valence-corrected chi connectivity index (χ1v) is 3.28. The molecule has 1 heterocycles. The van der Waals surface area contributed by atoms with Crippen molar-refractivity contribution >= 4 is 18.5 Å². The molecular formula is C9H12ClN. The van der Waals surface area contributed by atoms with Crippen molar-refractivity contribution in [1.29, 1.82) is 0 Å². The van der Waals surface area contributed by atoms with Gasteiger partial charge in [-0.05, 0) is 11.6 Å². The molecular weight excluding hydrogens is 158 g/mol. The van der Waals surface area contributed by atoms with E-state index in [4.69, 9.17) is 0 Å². The summed E-state index contributed by atoms with van der Waals surface area (Å²) in [5.41, 5.74) is 2.35. The quantitative estimate of drug-likeness (QED) is 0.670. The fourth-order valence-electron chi connectivity index (χ4n) is 0.928. The molecule has 60 valence electrons. The summed E-state index contributed by atoms with van der Waals surface area (Å²) >= 11 is 0. The second-order valence-corrected chi connectivity index (χ2v) is 2.11. The van der Waals surface area contributed by atoms with Crippen LogP contribution in [0.3, 0.4) is 0 Å². The lowest BCUT2D eigenvalue weighted by atomic mass is 10.2. The minimum absolute atomic E-state index is 0. The molecule has 0 aliphatic heterocycles. The average molecular weight is 170 g/mol. The SMILES string of the molecule is C=CCc1[nH]ccc1C=C.Cl. The van der Waals surface area contributed by atoms with Crippen LogP contribution in [-0.2, 0) is 6.42 Å². The Morgan fingerprint density at radius 1 is 1.45 bits per heavy atom. The lowest BCUT2D eigenvalue weighted by molar-refractivity contribution is 1.15. The Bertz CT molecular complexity index is 237. The number of aromatic nitrogens is 1. The van der Waals surface area contributed by atoms with Crippen molar-refractivity contribution in [3.8, 4) is 0 Å². The van der Waals surface area contributed by atoms with Crippen LogP contribution in [0.25, 0.3) is 6.08 Å². The number of H-pyrrole nitrogens is 1. The van der Waals surface area contributed by atoms with Crippen LogP contribution in [-0.4, -0.2) is 4.98 Å². The van der Waals surface area contributed by atoms with E-state index in [-0.39, 0.29) is 12.4 Å². The standard InChI is InChI=1S/C9H11N.ClH/c1-3-5-9-8(4-2)6-7-10-9;/h3-4,6-7,10H,1-2,5H2;1H. The number of halogens is 1. The van der Waals surface area contributed by atoms with Crippen molar-refractivity contribution in [2.75, 3.05) is 0 Å². The zero-order valence-electron chi connectivity index (χ0n) is 6.34. The average Bonchev–Trinajstić information content (AvgIpc) is 2.36. The molecule has 0 unspecified atom stereocenters. The van der Waals surface area contributed by atoms with Crippen LogP contribution in [0.1, 0.15) is 11.3 Å². The van der Waals surface area contributed by atoms with Gasteiger partial charge in [-0.3, -0.25) is 0 Å². The van der Waals surface area contributed by atoms with Crippen molar-refractivity contribution in [2.24, 2.45) is 0 Å². The number of hydrogen-bond acceptors (Lipinski definition) is 0. The monoisotopic (exact) mass is 169 g/mol. The van der Waals surface area contributed by atoms with Gasteiger partial charge in [0.15, 0.2) is 0 Å². The Labute approximate surface area is 73.2 Å². The lowest BCUT2D eigenvalue weighted by Gasteiger charge is -1.92.